The molecule has 7 heteroatoms. The summed E-state index contributed by atoms with van der Waals surface area (Å²) in [5.41, 5.74) is 11.3. The average Bonchev–Trinajstić information content (AvgIpc) is 3.40. The van der Waals surface area contributed by atoms with Crippen LogP contribution in [-0.4, -0.2) is 38.2 Å². The van der Waals surface area contributed by atoms with Crippen LogP contribution in [0, 0.1) is 12.8 Å². The summed E-state index contributed by atoms with van der Waals surface area (Å²) in [5.74, 6) is 0.300. The van der Waals surface area contributed by atoms with Crippen molar-refractivity contribution in [3.63, 3.8) is 0 Å². The Morgan fingerprint density at radius 2 is 2.22 bits per heavy atom. The molecular formula is C20H20N6O. The molecule has 0 spiro atoms. The number of nitrogens with two attached hydrogens (primary N) is 1. The zero-order valence-corrected chi connectivity index (χ0v) is 15.0. The third kappa shape index (κ3) is 2.43. The number of aryl methyl sites for hydroxylation is 1. The predicted molar refractivity (Wildman–Crippen MR) is 105 cm³/mol. The lowest BCUT2D eigenvalue weighted by molar-refractivity contribution is 0.0925. The molecule has 136 valence electrons. The number of hydrogen-bond donors (Lipinski definition) is 3. The van der Waals surface area contributed by atoms with Gasteiger partial charge in [0.05, 0.1) is 0 Å². The quantitative estimate of drug-likeness (QED) is 0.488. The highest BCUT2D eigenvalue weighted by Gasteiger charge is 2.28. The number of aromatic amines is 1. The number of hydrogen-bond acceptors (Lipinski definition) is 5. The van der Waals surface area contributed by atoms with Gasteiger partial charge >= 0.3 is 0 Å². The summed E-state index contributed by atoms with van der Waals surface area (Å²) in [4.78, 5) is 25.0. The molecule has 1 fully saturated rings. The number of Topliss-reactive ketones (excluding diaryl/α,β-unsaturated/α-hetero) is 1. The third-order valence-corrected chi connectivity index (χ3v) is 5.48. The number of fused-ring (bicyclic) bond motifs is 2. The van der Waals surface area contributed by atoms with Crippen molar-refractivity contribution in [1.29, 1.82) is 0 Å². The maximum absolute atomic E-state index is 13.0. The lowest BCUT2D eigenvalue weighted by Crippen LogP contribution is -2.20. The van der Waals surface area contributed by atoms with Gasteiger partial charge in [-0.25, -0.2) is 9.97 Å². The minimum absolute atomic E-state index is 0.0459. The second-order valence-corrected chi connectivity index (χ2v) is 7.08. The SMILES string of the molecule is Cc1c(-c2ccc3nc(N)c(C(=O)C4CCNC4)n3c2)cnc2[nH]ccc12. The topological polar surface area (TPSA) is 101 Å². The monoisotopic (exact) mass is 360 g/mol. The highest BCUT2D eigenvalue weighted by Crippen LogP contribution is 2.30. The number of nitrogen functional groups attached to an aromatic ring is 1. The molecule has 1 aliphatic rings. The van der Waals surface area contributed by atoms with Crippen LogP contribution in [0.25, 0.3) is 27.8 Å². The summed E-state index contributed by atoms with van der Waals surface area (Å²) in [7, 11) is 0. The van der Waals surface area contributed by atoms with Crippen molar-refractivity contribution in [2.75, 3.05) is 18.8 Å². The summed E-state index contributed by atoms with van der Waals surface area (Å²) in [6.45, 7) is 3.63. The fourth-order valence-corrected chi connectivity index (χ4v) is 3.97. The summed E-state index contributed by atoms with van der Waals surface area (Å²) >= 11 is 0. The van der Waals surface area contributed by atoms with E-state index in [1.807, 2.05) is 41.2 Å². The molecule has 1 saturated heterocycles. The molecule has 27 heavy (non-hydrogen) atoms. The number of nitrogens with one attached hydrogen (secondary N) is 2. The Balaban J connectivity index is 1.67. The van der Waals surface area contributed by atoms with Gasteiger partial charge in [0.25, 0.3) is 0 Å². The van der Waals surface area contributed by atoms with Crippen LogP contribution in [0.4, 0.5) is 5.82 Å². The van der Waals surface area contributed by atoms with Crippen LogP contribution in [0.1, 0.15) is 22.5 Å². The Bertz CT molecular complexity index is 1180. The van der Waals surface area contributed by atoms with E-state index in [1.165, 1.54) is 0 Å². The zero-order valence-electron chi connectivity index (χ0n) is 15.0. The van der Waals surface area contributed by atoms with Crippen molar-refractivity contribution in [2.24, 2.45) is 5.92 Å². The number of imidazole rings is 1. The molecule has 5 heterocycles. The number of nitrogens with zero attached hydrogens (tertiary/aromatic N) is 3. The number of pyridine rings is 2. The van der Waals surface area contributed by atoms with Gasteiger partial charge in [-0.2, -0.15) is 0 Å². The molecule has 0 bridgehead atoms. The summed E-state index contributed by atoms with van der Waals surface area (Å²) in [5, 5.41) is 4.33. The molecule has 0 aliphatic carbocycles. The van der Waals surface area contributed by atoms with E-state index in [4.69, 9.17) is 5.73 Å². The number of H-pyrrole nitrogens is 1. The number of carbonyl (C=O) groups is 1. The maximum Gasteiger partial charge on any atom is 0.187 e. The molecule has 4 aromatic rings. The molecular weight excluding hydrogens is 340 g/mol. The van der Waals surface area contributed by atoms with Gasteiger partial charge in [0.15, 0.2) is 11.6 Å². The first-order valence-corrected chi connectivity index (χ1v) is 9.09. The standard InChI is InChI=1S/C20H20N6O/c1-11-14-5-7-23-20(14)24-9-15(11)13-2-3-16-25-19(21)17(26(16)10-13)18(27)12-4-6-22-8-12/h2-3,5,7,9-10,12,22H,4,6,8,21H2,1H3,(H,23,24). The predicted octanol–water partition coefficient (Wildman–Crippen LogP) is 2.56. The second-order valence-electron chi connectivity index (χ2n) is 7.08. The second kappa shape index (κ2) is 5.92. The first-order chi connectivity index (χ1) is 13.1. The van der Waals surface area contributed by atoms with Crippen LogP contribution in [-0.2, 0) is 0 Å². The van der Waals surface area contributed by atoms with E-state index >= 15 is 0 Å². The fourth-order valence-electron chi connectivity index (χ4n) is 3.97. The van der Waals surface area contributed by atoms with E-state index in [0.29, 0.717) is 23.7 Å². The van der Waals surface area contributed by atoms with E-state index < -0.39 is 0 Å². The molecule has 0 amide bonds. The molecule has 0 aromatic carbocycles. The van der Waals surface area contributed by atoms with Crippen LogP contribution in [0.5, 0.6) is 0 Å². The molecule has 0 radical (unpaired) electrons. The van der Waals surface area contributed by atoms with Gasteiger partial charge < -0.3 is 16.0 Å². The van der Waals surface area contributed by atoms with Gasteiger partial charge in [0.1, 0.15) is 17.0 Å². The van der Waals surface area contributed by atoms with Gasteiger partial charge in [-0.1, -0.05) is 0 Å². The van der Waals surface area contributed by atoms with Gasteiger partial charge in [-0.05, 0) is 43.7 Å². The van der Waals surface area contributed by atoms with E-state index in [0.717, 1.165) is 40.7 Å². The molecule has 1 unspecified atom stereocenters. The largest absolute Gasteiger partial charge is 0.382 e. The van der Waals surface area contributed by atoms with E-state index in [2.05, 4.69) is 27.2 Å². The maximum atomic E-state index is 13.0. The van der Waals surface area contributed by atoms with Gasteiger partial charge in [0, 0.05) is 47.6 Å². The molecule has 1 aliphatic heterocycles. The van der Waals surface area contributed by atoms with Gasteiger partial charge in [0.2, 0.25) is 0 Å². The van der Waals surface area contributed by atoms with Crippen LogP contribution < -0.4 is 11.1 Å². The van der Waals surface area contributed by atoms with Crippen molar-refractivity contribution in [1.82, 2.24) is 24.7 Å². The van der Waals surface area contributed by atoms with Crippen LogP contribution in [0.3, 0.4) is 0 Å². The van der Waals surface area contributed by atoms with Gasteiger partial charge in [-0.15, -0.1) is 0 Å². The highest BCUT2D eigenvalue weighted by atomic mass is 16.1. The number of rotatable bonds is 3. The minimum Gasteiger partial charge on any atom is -0.382 e. The van der Waals surface area contributed by atoms with Gasteiger partial charge in [-0.3, -0.25) is 9.20 Å². The number of aromatic nitrogens is 4. The Kier molecular flexibility index (Phi) is 3.51. The smallest absolute Gasteiger partial charge is 0.187 e. The molecule has 4 aromatic heterocycles. The van der Waals surface area contributed by atoms with Crippen molar-refractivity contribution >= 4 is 28.3 Å². The van der Waals surface area contributed by atoms with Crippen molar-refractivity contribution in [3.8, 4) is 11.1 Å². The first-order valence-electron chi connectivity index (χ1n) is 9.09. The lowest BCUT2D eigenvalue weighted by atomic mass is 10.0. The van der Waals surface area contributed by atoms with Crippen molar-refractivity contribution in [2.45, 2.75) is 13.3 Å². The number of ketones is 1. The van der Waals surface area contributed by atoms with Crippen molar-refractivity contribution in [3.05, 3.63) is 48.0 Å². The van der Waals surface area contributed by atoms with E-state index in [9.17, 15) is 4.79 Å². The average molecular weight is 360 g/mol. The molecule has 5 rings (SSSR count). The van der Waals surface area contributed by atoms with E-state index in [1.54, 1.807) is 0 Å². The van der Waals surface area contributed by atoms with Crippen LogP contribution in [0.2, 0.25) is 0 Å². The van der Waals surface area contributed by atoms with Crippen LogP contribution in [0.15, 0.2) is 36.8 Å². The summed E-state index contributed by atoms with van der Waals surface area (Å²) in [6.07, 6.45) is 6.52. The summed E-state index contributed by atoms with van der Waals surface area (Å²) < 4.78 is 1.83. The van der Waals surface area contributed by atoms with Crippen LogP contribution >= 0.6 is 0 Å². The third-order valence-electron chi connectivity index (χ3n) is 5.48. The number of carbonyl (C=O) groups excluding carboxylic acids is 1. The number of anilines is 1. The zero-order chi connectivity index (χ0) is 18.5. The fraction of sp³-hybridized carbons (Fsp3) is 0.250. The van der Waals surface area contributed by atoms with Crippen molar-refractivity contribution < 1.29 is 4.79 Å². The first kappa shape index (κ1) is 16.0. The Labute approximate surface area is 155 Å². The Hall–Kier alpha value is -3.19. The summed E-state index contributed by atoms with van der Waals surface area (Å²) in [6, 6.07) is 5.92. The Morgan fingerprint density at radius 3 is 3.04 bits per heavy atom. The molecule has 0 saturated carbocycles. The molecule has 4 N–H and O–H groups in total. The molecule has 1 atom stereocenters. The highest BCUT2D eigenvalue weighted by molar-refractivity contribution is 6.01. The minimum atomic E-state index is -0.0459. The Morgan fingerprint density at radius 1 is 1.33 bits per heavy atom. The lowest BCUT2D eigenvalue weighted by Gasteiger charge is -2.10. The van der Waals surface area contributed by atoms with E-state index in [-0.39, 0.29) is 11.7 Å². The normalized spacial score (nSPS) is 17.1. The molecule has 7 nitrogen and oxygen atoms in total.